The summed E-state index contributed by atoms with van der Waals surface area (Å²) in [6, 6.07) is 15.6. The molecular formula is C15H14N2O2. The maximum atomic E-state index is 11.9. The van der Waals surface area contributed by atoms with E-state index < -0.39 is 11.7 Å². The van der Waals surface area contributed by atoms with Gasteiger partial charge in [-0.2, -0.15) is 0 Å². The summed E-state index contributed by atoms with van der Waals surface area (Å²) in [5.41, 5.74) is 7.30. The fourth-order valence-electron chi connectivity index (χ4n) is 1.72. The summed E-state index contributed by atoms with van der Waals surface area (Å²) in [4.78, 5) is 23.8. The number of Topliss-reactive ketones (excluding diaryl/α,β-unsaturated/α-hetero) is 1. The van der Waals surface area contributed by atoms with E-state index in [9.17, 15) is 9.59 Å². The predicted octanol–water partition coefficient (Wildman–Crippen LogP) is 1.97. The average Bonchev–Trinajstić information content (AvgIpc) is 2.48. The molecule has 0 fully saturated rings. The number of benzene rings is 2. The van der Waals surface area contributed by atoms with E-state index in [1.54, 1.807) is 42.5 Å². The molecule has 0 saturated heterocycles. The zero-order valence-electron chi connectivity index (χ0n) is 10.3. The number of carbonyl (C=O) groups is 2. The third-order valence-electron chi connectivity index (χ3n) is 2.73. The van der Waals surface area contributed by atoms with Crippen molar-refractivity contribution in [1.82, 2.24) is 0 Å². The fraction of sp³-hybridized carbons (Fsp3) is 0.0667. The van der Waals surface area contributed by atoms with Gasteiger partial charge >= 0.3 is 0 Å². The second-order valence-electron chi connectivity index (χ2n) is 4.01. The van der Waals surface area contributed by atoms with Gasteiger partial charge in [0.05, 0.1) is 0 Å². The summed E-state index contributed by atoms with van der Waals surface area (Å²) in [5, 5.41) is 2.59. The highest BCUT2D eigenvalue weighted by atomic mass is 16.2. The van der Waals surface area contributed by atoms with Crippen LogP contribution in [0.3, 0.4) is 0 Å². The quantitative estimate of drug-likeness (QED) is 0.647. The van der Waals surface area contributed by atoms with Gasteiger partial charge in [-0.15, -0.1) is 0 Å². The molecule has 1 amide bonds. The first-order valence-electron chi connectivity index (χ1n) is 5.91. The molecule has 0 aliphatic rings. The van der Waals surface area contributed by atoms with Gasteiger partial charge in [0.1, 0.15) is 0 Å². The third kappa shape index (κ3) is 3.05. The Morgan fingerprint density at radius 1 is 0.947 bits per heavy atom. The summed E-state index contributed by atoms with van der Waals surface area (Å²) >= 11 is 0. The number of hydrogen-bond acceptors (Lipinski definition) is 3. The molecular weight excluding hydrogens is 240 g/mol. The average molecular weight is 254 g/mol. The molecule has 0 aliphatic carbocycles. The Labute approximate surface area is 111 Å². The summed E-state index contributed by atoms with van der Waals surface area (Å²) in [6.07, 6.45) is 0. The molecule has 96 valence electrons. The van der Waals surface area contributed by atoms with Gasteiger partial charge < -0.3 is 11.1 Å². The molecule has 0 aromatic heterocycles. The van der Waals surface area contributed by atoms with Crippen LogP contribution >= 0.6 is 0 Å². The molecule has 4 nitrogen and oxygen atoms in total. The second-order valence-corrected chi connectivity index (χ2v) is 4.01. The predicted molar refractivity (Wildman–Crippen MR) is 73.7 cm³/mol. The zero-order chi connectivity index (χ0) is 13.7. The van der Waals surface area contributed by atoms with E-state index in [1.165, 1.54) is 0 Å². The number of rotatable bonds is 4. The van der Waals surface area contributed by atoms with Gasteiger partial charge in [0.2, 0.25) is 0 Å². The number of para-hydroxylation sites is 1. The summed E-state index contributed by atoms with van der Waals surface area (Å²) in [5.74, 6) is -1.22. The van der Waals surface area contributed by atoms with Crippen molar-refractivity contribution in [3.63, 3.8) is 0 Å². The van der Waals surface area contributed by atoms with Crippen molar-refractivity contribution in [3.05, 3.63) is 65.7 Å². The lowest BCUT2D eigenvalue weighted by Gasteiger charge is -2.08. The highest BCUT2D eigenvalue weighted by molar-refractivity contribution is 6.46. The van der Waals surface area contributed by atoms with Crippen molar-refractivity contribution in [2.75, 3.05) is 5.32 Å². The van der Waals surface area contributed by atoms with Crippen LogP contribution in [0, 0.1) is 0 Å². The van der Waals surface area contributed by atoms with E-state index >= 15 is 0 Å². The van der Waals surface area contributed by atoms with Crippen LogP contribution in [0.1, 0.15) is 15.9 Å². The molecule has 0 radical (unpaired) electrons. The van der Waals surface area contributed by atoms with Gasteiger partial charge in [-0.3, -0.25) is 9.59 Å². The smallest absolute Gasteiger partial charge is 0.296 e. The topological polar surface area (TPSA) is 72.2 Å². The highest BCUT2D eigenvalue weighted by Gasteiger charge is 2.16. The largest absolute Gasteiger partial charge is 0.326 e. The summed E-state index contributed by atoms with van der Waals surface area (Å²) in [7, 11) is 0. The lowest BCUT2D eigenvalue weighted by Crippen LogP contribution is -2.23. The van der Waals surface area contributed by atoms with Crippen LogP contribution in [0.5, 0.6) is 0 Å². The standard InChI is InChI=1S/C15H14N2O2/c16-10-12-8-4-5-9-13(12)17-15(19)14(18)11-6-2-1-3-7-11/h1-9H,10,16H2,(H,17,19). The lowest BCUT2D eigenvalue weighted by molar-refractivity contribution is -0.112. The maximum absolute atomic E-state index is 11.9. The SMILES string of the molecule is NCc1ccccc1NC(=O)C(=O)c1ccccc1. The van der Waals surface area contributed by atoms with E-state index in [-0.39, 0.29) is 0 Å². The molecule has 0 atom stereocenters. The highest BCUT2D eigenvalue weighted by Crippen LogP contribution is 2.14. The molecule has 2 aromatic rings. The van der Waals surface area contributed by atoms with Crippen molar-refractivity contribution < 1.29 is 9.59 Å². The Kier molecular flexibility index (Phi) is 4.05. The van der Waals surface area contributed by atoms with Crippen molar-refractivity contribution in [1.29, 1.82) is 0 Å². The molecule has 2 aromatic carbocycles. The monoisotopic (exact) mass is 254 g/mol. The van der Waals surface area contributed by atoms with Crippen LogP contribution in [0.2, 0.25) is 0 Å². The minimum atomic E-state index is -0.660. The van der Waals surface area contributed by atoms with Gasteiger partial charge in [-0.25, -0.2) is 0 Å². The molecule has 0 unspecified atom stereocenters. The number of hydrogen-bond donors (Lipinski definition) is 2. The number of nitrogens with two attached hydrogens (primary N) is 1. The Morgan fingerprint density at radius 3 is 2.26 bits per heavy atom. The lowest BCUT2D eigenvalue weighted by atomic mass is 10.1. The molecule has 19 heavy (non-hydrogen) atoms. The van der Waals surface area contributed by atoms with Gasteiger partial charge in [-0.05, 0) is 11.6 Å². The first-order valence-corrected chi connectivity index (χ1v) is 5.91. The number of carbonyl (C=O) groups excluding carboxylic acids is 2. The van der Waals surface area contributed by atoms with Crippen molar-refractivity contribution in [3.8, 4) is 0 Å². The van der Waals surface area contributed by atoms with Gasteiger partial charge in [0.15, 0.2) is 0 Å². The van der Waals surface area contributed by atoms with Crippen LogP contribution < -0.4 is 11.1 Å². The Balaban J connectivity index is 2.16. The van der Waals surface area contributed by atoms with E-state index in [0.29, 0.717) is 17.8 Å². The maximum Gasteiger partial charge on any atom is 0.296 e. The normalized spacial score (nSPS) is 9.95. The summed E-state index contributed by atoms with van der Waals surface area (Å²) < 4.78 is 0. The first-order chi connectivity index (χ1) is 9.22. The Hall–Kier alpha value is -2.46. The van der Waals surface area contributed by atoms with Crippen LogP contribution in [0.25, 0.3) is 0 Å². The van der Waals surface area contributed by atoms with Gasteiger partial charge in [0, 0.05) is 17.8 Å². The molecule has 0 saturated carbocycles. The minimum absolute atomic E-state index is 0.302. The van der Waals surface area contributed by atoms with Gasteiger partial charge in [-0.1, -0.05) is 48.5 Å². The van der Waals surface area contributed by atoms with E-state index in [4.69, 9.17) is 5.73 Å². The number of ketones is 1. The molecule has 0 heterocycles. The molecule has 3 N–H and O–H groups in total. The Bertz CT molecular complexity index is 594. The molecule has 0 spiro atoms. The van der Waals surface area contributed by atoms with Crippen LogP contribution in [-0.2, 0) is 11.3 Å². The first kappa shape index (κ1) is 13.0. The van der Waals surface area contributed by atoms with E-state index in [1.807, 2.05) is 12.1 Å². The number of anilines is 1. The van der Waals surface area contributed by atoms with Crippen molar-refractivity contribution in [2.45, 2.75) is 6.54 Å². The van der Waals surface area contributed by atoms with Crippen molar-refractivity contribution >= 4 is 17.4 Å². The molecule has 2 rings (SSSR count). The van der Waals surface area contributed by atoms with Crippen molar-refractivity contribution in [2.24, 2.45) is 5.73 Å². The van der Waals surface area contributed by atoms with Crippen LogP contribution in [-0.4, -0.2) is 11.7 Å². The van der Waals surface area contributed by atoms with E-state index in [2.05, 4.69) is 5.32 Å². The molecule has 0 bridgehead atoms. The Morgan fingerprint density at radius 2 is 1.58 bits per heavy atom. The number of amides is 1. The molecule has 0 aliphatic heterocycles. The fourth-order valence-corrected chi connectivity index (χ4v) is 1.72. The van der Waals surface area contributed by atoms with Gasteiger partial charge in [0.25, 0.3) is 11.7 Å². The number of nitrogens with one attached hydrogen (secondary N) is 1. The zero-order valence-corrected chi connectivity index (χ0v) is 10.3. The van der Waals surface area contributed by atoms with Crippen LogP contribution in [0.15, 0.2) is 54.6 Å². The second kappa shape index (κ2) is 5.93. The molecule has 4 heteroatoms. The minimum Gasteiger partial charge on any atom is -0.326 e. The third-order valence-corrected chi connectivity index (χ3v) is 2.73. The van der Waals surface area contributed by atoms with E-state index in [0.717, 1.165) is 5.56 Å². The summed E-state index contributed by atoms with van der Waals surface area (Å²) in [6.45, 7) is 0.302. The van der Waals surface area contributed by atoms with Crippen LogP contribution in [0.4, 0.5) is 5.69 Å².